The van der Waals surface area contributed by atoms with Crippen molar-refractivity contribution in [1.29, 1.82) is 0 Å². The highest BCUT2D eigenvalue weighted by Crippen LogP contribution is 2.16. The molecular formula is C12H25N3O6. The second-order valence-electron chi connectivity index (χ2n) is 6.27. The van der Waals surface area contributed by atoms with Crippen molar-refractivity contribution < 1.29 is 29.2 Å². The van der Waals surface area contributed by atoms with Crippen LogP contribution in [0.5, 0.6) is 0 Å². The number of aliphatic carboxylic acids is 1. The molecule has 0 aliphatic carbocycles. The van der Waals surface area contributed by atoms with Gasteiger partial charge in [0, 0.05) is 6.92 Å². The Morgan fingerprint density at radius 1 is 1.19 bits per heavy atom. The number of rotatable bonds is 3. The van der Waals surface area contributed by atoms with E-state index in [1.807, 2.05) is 0 Å². The maximum atomic E-state index is 11.3. The third-order valence-corrected chi connectivity index (χ3v) is 1.80. The Hall–Kier alpha value is -2.06. The van der Waals surface area contributed by atoms with Gasteiger partial charge in [-0.1, -0.05) is 0 Å². The molecule has 9 nitrogen and oxygen atoms in total. The summed E-state index contributed by atoms with van der Waals surface area (Å²) in [6.45, 7) is 11.5. The van der Waals surface area contributed by atoms with Crippen molar-refractivity contribution in [3.8, 4) is 0 Å². The Morgan fingerprint density at radius 2 is 1.57 bits per heavy atom. The molecule has 0 radical (unpaired) electrons. The van der Waals surface area contributed by atoms with Crippen molar-refractivity contribution in [3.63, 3.8) is 0 Å². The molecule has 0 aromatic carbocycles. The number of esters is 1. The van der Waals surface area contributed by atoms with Crippen LogP contribution in [0.2, 0.25) is 0 Å². The van der Waals surface area contributed by atoms with Crippen LogP contribution in [0.4, 0.5) is 0 Å². The number of hydrogen-bond acceptors (Lipinski definition) is 6. The smallest absolute Gasteiger partial charge is 0.314 e. The van der Waals surface area contributed by atoms with Crippen molar-refractivity contribution >= 4 is 11.9 Å². The van der Waals surface area contributed by atoms with Crippen LogP contribution in [0.15, 0.2) is 5.28 Å². The van der Waals surface area contributed by atoms with E-state index >= 15 is 0 Å². The van der Waals surface area contributed by atoms with Gasteiger partial charge in [-0.05, 0) is 41.5 Å². The summed E-state index contributed by atoms with van der Waals surface area (Å²) in [6.07, 6.45) is -0.943. The molecular weight excluding hydrogens is 282 g/mol. The van der Waals surface area contributed by atoms with Gasteiger partial charge >= 0.3 is 11.9 Å². The molecule has 0 amide bonds. The minimum atomic E-state index is -0.943. The lowest BCUT2D eigenvalue weighted by Gasteiger charge is -2.18. The SMILES string of the molecule is CC(C)(C)C(=O)O.CC(O/N=[N+](\N)[O-])OC(=O)C(C)(C)C. The molecule has 0 aromatic rings. The Labute approximate surface area is 124 Å². The molecule has 0 aliphatic rings. The van der Waals surface area contributed by atoms with Crippen molar-refractivity contribution in [3.05, 3.63) is 5.21 Å². The van der Waals surface area contributed by atoms with Gasteiger partial charge in [-0.2, -0.15) is 5.84 Å². The lowest BCUT2D eigenvalue weighted by atomic mass is 9.97. The van der Waals surface area contributed by atoms with Crippen molar-refractivity contribution in [2.45, 2.75) is 54.8 Å². The van der Waals surface area contributed by atoms with Gasteiger partial charge in [0.2, 0.25) is 5.28 Å². The molecule has 0 spiro atoms. The van der Waals surface area contributed by atoms with E-state index in [9.17, 15) is 14.8 Å². The standard InChI is InChI=1S/C7H15N3O4.C5H10O2/c1-5(14-9-10(8)12)13-6(11)7(2,3)4;1-5(2,3)4(6)7/h5H,1-4H3,(H2,8,9);1-3H3,(H,6,7). The van der Waals surface area contributed by atoms with Gasteiger partial charge < -0.3 is 15.1 Å². The minimum absolute atomic E-state index is 0.262. The molecule has 0 rings (SSSR count). The number of ether oxygens (including phenoxy) is 1. The summed E-state index contributed by atoms with van der Waals surface area (Å²) in [5.74, 6) is 3.40. The summed E-state index contributed by atoms with van der Waals surface area (Å²) in [5.41, 5.74) is -1.21. The van der Waals surface area contributed by atoms with Crippen LogP contribution in [-0.4, -0.2) is 28.3 Å². The van der Waals surface area contributed by atoms with E-state index in [4.69, 9.17) is 9.84 Å². The zero-order chi connectivity index (χ0) is 17.4. The zero-order valence-corrected chi connectivity index (χ0v) is 13.5. The van der Waals surface area contributed by atoms with Crippen LogP contribution in [0.25, 0.3) is 0 Å². The van der Waals surface area contributed by atoms with Crippen molar-refractivity contribution in [1.82, 2.24) is 0 Å². The van der Waals surface area contributed by atoms with Crippen molar-refractivity contribution in [2.75, 3.05) is 0 Å². The first-order valence-electron chi connectivity index (χ1n) is 6.21. The average molecular weight is 307 g/mol. The van der Waals surface area contributed by atoms with Gasteiger partial charge in [-0.15, -0.1) is 0 Å². The average Bonchev–Trinajstić information content (AvgIpc) is 2.24. The first kappa shape index (κ1) is 21.2. The largest absolute Gasteiger partial charge is 0.569 e. The van der Waals surface area contributed by atoms with Crippen LogP contribution in [-0.2, 0) is 19.2 Å². The highest BCUT2D eigenvalue weighted by atomic mass is 16.8. The fraction of sp³-hybridized carbons (Fsp3) is 0.833. The van der Waals surface area contributed by atoms with Crippen molar-refractivity contribution in [2.24, 2.45) is 22.0 Å². The highest BCUT2D eigenvalue weighted by Gasteiger charge is 2.25. The molecule has 3 N–H and O–H groups in total. The van der Waals surface area contributed by atoms with E-state index < -0.39 is 29.1 Å². The minimum Gasteiger partial charge on any atom is -0.569 e. The quantitative estimate of drug-likeness (QED) is 0.202. The fourth-order valence-corrected chi connectivity index (χ4v) is 0.462. The molecule has 0 fully saturated rings. The summed E-state index contributed by atoms with van der Waals surface area (Å²) in [6, 6.07) is 0. The molecule has 1 atom stereocenters. The number of carboxylic acid groups (broad SMARTS) is 1. The summed E-state index contributed by atoms with van der Waals surface area (Å²) < 4.78 is 4.79. The lowest BCUT2D eigenvalue weighted by molar-refractivity contribution is -0.574. The van der Waals surface area contributed by atoms with Crippen LogP contribution in [0.3, 0.4) is 0 Å². The van der Waals surface area contributed by atoms with Gasteiger partial charge in [0.05, 0.1) is 15.8 Å². The van der Waals surface area contributed by atoms with Gasteiger partial charge in [0.1, 0.15) is 0 Å². The number of hydrazine groups is 1. The van der Waals surface area contributed by atoms with E-state index in [2.05, 4.69) is 16.0 Å². The summed E-state index contributed by atoms with van der Waals surface area (Å²) >= 11 is 0. The highest BCUT2D eigenvalue weighted by molar-refractivity contribution is 5.75. The predicted molar refractivity (Wildman–Crippen MR) is 73.4 cm³/mol. The first-order valence-corrected chi connectivity index (χ1v) is 6.21. The third-order valence-electron chi connectivity index (χ3n) is 1.80. The van der Waals surface area contributed by atoms with Gasteiger partial charge in [0.15, 0.2) is 0 Å². The Balaban J connectivity index is 0. The lowest BCUT2D eigenvalue weighted by Crippen LogP contribution is -2.28. The molecule has 0 saturated carbocycles. The summed E-state index contributed by atoms with van der Waals surface area (Å²) in [5, 5.41) is 21.2. The molecule has 0 aromatic heterocycles. The first-order chi connectivity index (χ1) is 9.17. The molecule has 0 heterocycles. The normalized spacial score (nSPS) is 13.6. The molecule has 9 heteroatoms. The van der Waals surface area contributed by atoms with E-state index in [1.165, 1.54) is 6.92 Å². The molecule has 1 unspecified atom stereocenters. The number of carboxylic acids is 1. The maximum absolute atomic E-state index is 11.3. The van der Waals surface area contributed by atoms with Gasteiger partial charge in [-0.3, -0.25) is 14.4 Å². The fourth-order valence-electron chi connectivity index (χ4n) is 0.462. The van der Waals surface area contributed by atoms with Crippen LogP contribution < -0.4 is 5.84 Å². The molecule has 0 saturated heterocycles. The topological polar surface area (TPSA) is 137 Å². The molecule has 0 bridgehead atoms. The van der Waals surface area contributed by atoms with Crippen LogP contribution in [0, 0.1) is 16.0 Å². The molecule has 21 heavy (non-hydrogen) atoms. The molecule has 0 aliphatic heterocycles. The third kappa shape index (κ3) is 12.7. The summed E-state index contributed by atoms with van der Waals surface area (Å²) in [4.78, 5) is 25.5. The second-order valence-corrected chi connectivity index (χ2v) is 6.27. The Kier molecular flexibility index (Phi) is 8.37. The number of carbonyl (C=O) groups is 2. The predicted octanol–water partition coefficient (Wildman–Crippen LogP) is 1.81. The number of nitrogens with two attached hydrogens (primary N) is 1. The molecule has 124 valence electrons. The van der Waals surface area contributed by atoms with E-state index in [0.29, 0.717) is 0 Å². The van der Waals surface area contributed by atoms with E-state index in [-0.39, 0.29) is 4.97 Å². The summed E-state index contributed by atoms with van der Waals surface area (Å²) in [7, 11) is 0. The monoisotopic (exact) mass is 307 g/mol. The van der Waals surface area contributed by atoms with Crippen LogP contribution >= 0.6 is 0 Å². The van der Waals surface area contributed by atoms with E-state index in [1.54, 1.807) is 41.5 Å². The Bertz CT molecular complexity index is 377. The van der Waals surface area contributed by atoms with Gasteiger partial charge in [0.25, 0.3) is 6.29 Å². The number of nitrogens with zero attached hydrogens (tertiary/aromatic N) is 2. The van der Waals surface area contributed by atoms with Gasteiger partial charge in [-0.25, -0.2) is 0 Å². The van der Waals surface area contributed by atoms with Crippen LogP contribution in [0.1, 0.15) is 48.5 Å². The number of carbonyl (C=O) groups excluding carboxylic acids is 1. The number of hydrogen-bond donors (Lipinski definition) is 2. The maximum Gasteiger partial charge on any atom is 0.314 e. The zero-order valence-electron chi connectivity index (χ0n) is 13.5. The van der Waals surface area contributed by atoms with E-state index in [0.717, 1.165) is 0 Å². The second kappa shape index (κ2) is 8.28. The Morgan fingerprint density at radius 3 is 1.81 bits per heavy atom.